The van der Waals surface area contributed by atoms with E-state index in [1.165, 1.54) is 12.1 Å². The van der Waals surface area contributed by atoms with Gasteiger partial charge in [-0.25, -0.2) is 0 Å². The minimum absolute atomic E-state index is 0.0358. The zero-order chi connectivity index (χ0) is 21.0. The van der Waals surface area contributed by atoms with Crippen LogP contribution in [0.1, 0.15) is 35.7 Å². The first-order valence-electron chi connectivity index (χ1n) is 9.56. The Hall–Kier alpha value is -2.83. The van der Waals surface area contributed by atoms with Gasteiger partial charge in [-0.3, -0.25) is 9.59 Å². The maximum absolute atomic E-state index is 12.8. The second-order valence-corrected chi connectivity index (χ2v) is 7.30. The van der Waals surface area contributed by atoms with Crippen LogP contribution in [-0.4, -0.2) is 36.3 Å². The number of rotatable bonds is 4. The predicted octanol–water partition coefficient (Wildman–Crippen LogP) is 4.36. The van der Waals surface area contributed by atoms with Crippen LogP contribution in [0.25, 0.3) is 11.1 Å². The molecular formula is C22H23F3N2O2. The molecule has 3 rings (SSSR count). The van der Waals surface area contributed by atoms with Crippen molar-refractivity contribution in [2.45, 2.75) is 25.9 Å². The van der Waals surface area contributed by atoms with Gasteiger partial charge in [0.15, 0.2) is 0 Å². The number of carbonyl (C=O) groups is 2. The highest BCUT2D eigenvalue weighted by molar-refractivity contribution is 6.00. The van der Waals surface area contributed by atoms with Crippen molar-refractivity contribution in [3.63, 3.8) is 0 Å². The Balaban J connectivity index is 1.71. The van der Waals surface area contributed by atoms with Crippen molar-refractivity contribution in [3.8, 4) is 11.1 Å². The summed E-state index contributed by atoms with van der Waals surface area (Å²) in [5.41, 5.74) is 0.805. The normalized spacial score (nSPS) is 17.1. The first kappa shape index (κ1) is 20.9. The van der Waals surface area contributed by atoms with Crippen molar-refractivity contribution in [2.24, 2.45) is 5.92 Å². The maximum Gasteiger partial charge on any atom is 0.416 e. The molecule has 1 aliphatic heterocycles. The van der Waals surface area contributed by atoms with Crippen LogP contribution in [0.4, 0.5) is 13.2 Å². The van der Waals surface area contributed by atoms with E-state index in [2.05, 4.69) is 5.32 Å². The van der Waals surface area contributed by atoms with E-state index in [0.29, 0.717) is 29.8 Å². The molecule has 1 aliphatic rings. The van der Waals surface area contributed by atoms with Gasteiger partial charge < -0.3 is 10.2 Å². The molecule has 4 nitrogen and oxygen atoms in total. The number of halogens is 3. The Morgan fingerprint density at radius 3 is 2.45 bits per heavy atom. The van der Waals surface area contributed by atoms with Gasteiger partial charge in [-0.1, -0.05) is 30.3 Å². The zero-order valence-corrected chi connectivity index (χ0v) is 16.1. The molecular weight excluding hydrogens is 381 g/mol. The molecule has 0 aliphatic carbocycles. The van der Waals surface area contributed by atoms with E-state index in [-0.39, 0.29) is 17.7 Å². The summed E-state index contributed by atoms with van der Waals surface area (Å²) in [6.07, 6.45) is -2.56. The number of alkyl halides is 3. The predicted molar refractivity (Wildman–Crippen MR) is 104 cm³/mol. The maximum atomic E-state index is 12.8. The Labute approximate surface area is 167 Å². The number of nitrogens with zero attached hydrogens (tertiary/aromatic N) is 1. The number of hydrogen-bond acceptors (Lipinski definition) is 2. The molecule has 1 atom stereocenters. The zero-order valence-electron chi connectivity index (χ0n) is 16.1. The van der Waals surface area contributed by atoms with Crippen molar-refractivity contribution >= 4 is 11.8 Å². The summed E-state index contributed by atoms with van der Waals surface area (Å²) in [6, 6.07) is 11.6. The molecule has 1 saturated heterocycles. The number of likely N-dealkylation sites (tertiary alicyclic amines) is 1. The van der Waals surface area contributed by atoms with Gasteiger partial charge in [0.05, 0.1) is 5.56 Å². The van der Waals surface area contributed by atoms with Gasteiger partial charge in [0.25, 0.3) is 5.91 Å². The Morgan fingerprint density at radius 2 is 1.79 bits per heavy atom. The number of nitrogens with one attached hydrogen (secondary N) is 1. The van der Waals surface area contributed by atoms with Gasteiger partial charge in [-0.2, -0.15) is 13.2 Å². The van der Waals surface area contributed by atoms with Crippen LogP contribution in [0.3, 0.4) is 0 Å². The summed E-state index contributed by atoms with van der Waals surface area (Å²) in [5.74, 6) is -0.0519. The van der Waals surface area contributed by atoms with E-state index in [1.807, 2.05) is 0 Å². The van der Waals surface area contributed by atoms with Gasteiger partial charge in [0.1, 0.15) is 0 Å². The third kappa shape index (κ3) is 5.16. The molecule has 0 spiro atoms. The lowest BCUT2D eigenvalue weighted by Crippen LogP contribution is -2.42. The van der Waals surface area contributed by atoms with Crippen molar-refractivity contribution in [1.82, 2.24) is 10.2 Å². The van der Waals surface area contributed by atoms with Crippen LogP contribution in [0, 0.1) is 5.92 Å². The molecule has 0 saturated carbocycles. The summed E-state index contributed by atoms with van der Waals surface area (Å²) in [4.78, 5) is 26.1. The van der Waals surface area contributed by atoms with Crippen LogP contribution >= 0.6 is 0 Å². The average Bonchev–Trinajstić information content (AvgIpc) is 2.71. The fraction of sp³-hybridized carbons (Fsp3) is 0.364. The Bertz CT molecular complexity index is 878. The number of carbonyl (C=O) groups excluding carboxylic acids is 2. The van der Waals surface area contributed by atoms with Crippen molar-refractivity contribution < 1.29 is 22.8 Å². The molecule has 1 N–H and O–H groups in total. The molecule has 2 aromatic carbocycles. The molecule has 2 amide bonds. The lowest BCUT2D eigenvalue weighted by atomic mass is 9.96. The lowest BCUT2D eigenvalue weighted by molar-refractivity contribution is -0.137. The molecule has 154 valence electrons. The topological polar surface area (TPSA) is 49.4 Å². The summed E-state index contributed by atoms with van der Waals surface area (Å²) < 4.78 is 38.4. The van der Waals surface area contributed by atoms with Gasteiger partial charge in [0, 0.05) is 32.1 Å². The van der Waals surface area contributed by atoms with Gasteiger partial charge in [0.2, 0.25) is 5.91 Å². The summed E-state index contributed by atoms with van der Waals surface area (Å²) in [6.45, 7) is 3.36. The number of amides is 2. The highest BCUT2D eigenvalue weighted by Crippen LogP contribution is 2.31. The number of benzene rings is 2. The second kappa shape index (κ2) is 8.68. The van der Waals surface area contributed by atoms with Crippen LogP contribution < -0.4 is 5.32 Å². The van der Waals surface area contributed by atoms with Crippen LogP contribution in [0.2, 0.25) is 0 Å². The summed E-state index contributed by atoms with van der Waals surface area (Å²) >= 11 is 0. The van der Waals surface area contributed by atoms with Crippen LogP contribution in [0.15, 0.2) is 48.5 Å². The first-order chi connectivity index (χ1) is 13.8. The largest absolute Gasteiger partial charge is 0.416 e. The molecule has 0 bridgehead atoms. The van der Waals surface area contributed by atoms with Gasteiger partial charge >= 0.3 is 6.18 Å². The van der Waals surface area contributed by atoms with Crippen molar-refractivity contribution in [2.75, 3.05) is 19.6 Å². The van der Waals surface area contributed by atoms with E-state index >= 15 is 0 Å². The van der Waals surface area contributed by atoms with Crippen molar-refractivity contribution in [3.05, 3.63) is 59.7 Å². The van der Waals surface area contributed by atoms with Crippen molar-refractivity contribution in [1.29, 1.82) is 0 Å². The number of piperidine rings is 1. The van der Waals surface area contributed by atoms with Gasteiger partial charge in [-0.15, -0.1) is 0 Å². The standard InChI is InChI=1S/C22H23F3N2O2/c1-15(28)27-12-4-5-16(14-27)13-26-21(29)20-7-3-2-6-19(20)17-8-10-18(11-9-17)22(23,24)25/h2-3,6-11,16H,4-5,12-14H2,1H3,(H,26,29). The highest BCUT2D eigenvalue weighted by atomic mass is 19.4. The summed E-state index contributed by atoms with van der Waals surface area (Å²) in [5, 5.41) is 2.92. The van der Waals surface area contributed by atoms with E-state index in [9.17, 15) is 22.8 Å². The molecule has 1 heterocycles. The van der Waals surface area contributed by atoms with E-state index in [4.69, 9.17) is 0 Å². The van der Waals surface area contributed by atoms with E-state index in [1.54, 1.807) is 36.1 Å². The molecule has 0 aromatic heterocycles. The molecule has 1 unspecified atom stereocenters. The SMILES string of the molecule is CC(=O)N1CCCC(CNC(=O)c2ccccc2-c2ccc(C(F)(F)F)cc2)C1. The minimum atomic E-state index is -4.40. The third-order valence-electron chi connectivity index (χ3n) is 5.21. The Kier molecular flexibility index (Phi) is 6.25. The molecule has 29 heavy (non-hydrogen) atoms. The monoisotopic (exact) mass is 404 g/mol. The van der Waals surface area contributed by atoms with E-state index < -0.39 is 11.7 Å². The van der Waals surface area contributed by atoms with Gasteiger partial charge in [-0.05, 0) is 48.1 Å². The van der Waals surface area contributed by atoms with E-state index in [0.717, 1.165) is 31.5 Å². The second-order valence-electron chi connectivity index (χ2n) is 7.30. The number of hydrogen-bond donors (Lipinski definition) is 1. The molecule has 2 aromatic rings. The molecule has 0 radical (unpaired) electrons. The summed E-state index contributed by atoms with van der Waals surface area (Å²) in [7, 11) is 0. The fourth-order valence-electron chi connectivity index (χ4n) is 3.62. The lowest BCUT2D eigenvalue weighted by Gasteiger charge is -2.32. The quantitative estimate of drug-likeness (QED) is 0.823. The van der Waals surface area contributed by atoms with Crippen LogP contribution in [-0.2, 0) is 11.0 Å². The molecule has 1 fully saturated rings. The Morgan fingerprint density at radius 1 is 1.10 bits per heavy atom. The fourth-order valence-corrected chi connectivity index (χ4v) is 3.62. The first-order valence-corrected chi connectivity index (χ1v) is 9.56. The molecule has 7 heteroatoms. The highest BCUT2D eigenvalue weighted by Gasteiger charge is 2.30. The van der Waals surface area contributed by atoms with Crippen LogP contribution in [0.5, 0.6) is 0 Å². The minimum Gasteiger partial charge on any atom is -0.352 e. The third-order valence-corrected chi connectivity index (χ3v) is 5.21. The average molecular weight is 404 g/mol. The smallest absolute Gasteiger partial charge is 0.352 e.